The molecule has 0 unspecified atom stereocenters. The van der Waals surface area contributed by atoms with Crippen LogP contribution in [-0.2, 0) is 6.54 Å². The molecule has 0 radical (unpaired) electrons. The van der Waals surface area contributed by atoms with Gasteiger partial charge in [0, 0.05) is 30.0 Å². The average Bonchev–Trinajstić information content (AvgIpc) is 2.49. The maximum absolute atomic E-state index is 13.0. The fourth-order valence-electron chi connectivity index (χ4n) is 3.15. The summed E-state index contributed by atoms with van der Waals surface area (Å²) in [5.74, 6) is 0.779. The van der Waals surface area contributed by atoms with E-state index in [4.69, 9.17) is 0 Å². The lowest BCUT2D eigenvalue weighted by Gasteiger charge is -2.32. The van der Waals surface area contributed by atoms with Crippen molar-refractivity contribution in [2.24, 2.45) is 5.92 Å². The van der Waals surface area contributed by atoms with Crippen molar-refractivity contribution in [2.45, 2.75) is 39.7 Å². The van der Waals surface area contributed by atoms with Gasteiger partial charge in [0.05, 0.1) is 0 Å². The number of aryl methyl sites for hydroxylation is 2. The first-order chi connectivity index (χ1) is 11.1. The molecule has 120 valence electrons. The Kier molecular flexibility index (Phi) is 4.75. The van der Waals surface area contributed by atoms with Crippen LogP contribution in [0, 0.1) is 19.8 Å². The second-order valence-electron chi connectivity index (χ2n) is 6.61. The fraction of sp³-hybridized carbons (Fsp3) is 0.400. The van der Waals surface area contributed by atoms with E-state index in [2.05, 4.69) is 17.1 Å². The van der Waals surface area contributed by atoms with Crippen molar-refractivity contribution in [2.75, 3.05) is 6.54 Å². The van der Waals surface area contributed by atoms with Gasteiger partial charge in [-0.2, -0.15) is 0 Å². The number of carbonyl (C=O) groups excluding carboxylic acids is 1. The molecule has 1 heterocycles. The average molecular weight is 308 g/mol. The van der Waals surface area contributed by atoms with E-state index in [0.717, 1.165) is 23.5 Å². The second kappa shape index (κ2) is 6.95. The summed E-state index contributed by atoms with van der Waals surface area (Å²) in [6, 6.07) is 14.0. The summed E-state index contributed by atoms with van der Waals surface area (Å²) in [4.78, 5) is 19.4. The van der Waals surface area contributed by atoms with Crippen molar-refractivity contribution in [1.82, 2.24) is 9.88 Å². The van der Waals surface area contributed by atoms with Crippen molar-refractivity contribution in [1.29, 1.82) is 0 Å². The Bertz CT molecular complexity index is 657. The third-order valence-electron chi connectivity index (χ3n) is 4.54. The van der Waals surface area contributed by atoms with Crippen LogP contribution in [0.5, 0.6) is 0 Å². The number of nitrogens with zero attached hydrogens (tertiary/aromatic N) is 2. The highest BCUT2D eigenvalue weighted by Gasteiger charge is 2.24. The van der Waals surface area contributed by atoms with Crippen LogP contribution in [0.2, 0.25) is 0 Å². The van der Waals surface area contributed by atoms with E-state index in [9.17, 15) is 4.79 Å². The first-order valence-electron chi connectivity index (χ1n) is 8.40. The number of hydrogen-bond acceptors (Lipinski definition) is 2. The Morgan fingerprint density at radius 2 is 1.78 bits per heavy atom. The Labute approximate surface area is 138 Å². The predicted molar refractivity (Wildman–Crippen MR) is 92.2 cm³/mol. The molecule has 3 heteroatoms. The fourth-order valence-corrected chi connectivity index (χ4v) is 3.15. The minimum absolute atomic E-state index is 0.120. The normalized spacial score (nSPS) is 14.3. The summed E-state index contributed by atoms with van der Waals surface area (Å²) in [6.07, 6.45) is 3.78. The molecule has 1 saturated carbocycles. The van der Waals surface area contributed by atoms with Crippen LogP contribution < -0.4 is 0 Å². The van der Waals surface area contributed by atoms with Gasteiger partial charge in [-0.05, 0) is 50.3 Å². The molecule has 1 aliphatic rings. The predicted octanol–water partition coefficient (Wildman–Crippen LogP) is 4.14. The monoisotopic (exact) mass is 308 g/mol. The van der Waals surface area contributed by atoms with Crippen molar-refractivity contribution >= 4 is 5.91 Å². The molecule has 1 aromatic carbocycles. The second-order valence-corrected chi connectivity index (χ2v) is 6.61. The van der Waals surface area contributed by atoms with Gasteiger partial charge < -0.3 is 4.90 Å². The molecule has 1 aromatic heterocycles. The molecule has 1 fully saturated rings. The minimum Gasteiger partial charge on any atom is -0.334 e. The third kappa shape index (κ3) is 3.98. The SMILES string of the molecule is Cc1cc(C(=O)N(Cc2ccccc2)CC2CCC2)cc(C)n1. The van der Waals surface area contributed by atoms with Gasteiger partial charge in [-0.25, -0.2) is 0 Å². The van der Waals surface area contributed by atoms with Gasteiger partial charge in [0.25, 0.3) is 5.91 Å². The number of benzene rings is 1. The highest BCUT2D eigenvalue weighted by molar-refractivity contribution is 5.94. The van der Waals surface area contributed by atoms with E-state index in [1.807, 2.05) is 49.1 Å². The van der Waals surface area contributed by atoms with Gasteiger partial charge >= 0.3 is 0 Å². The van der Waals surface area contributed by atoms with Crippen LogP contribution in [-0.4, -0.2) is 22.3 Å². The van der Waals surface area contributed by atoms with E-state index >= 15 is 0 Å². The quantitative estimate of drug-likeness (QED) is 0.831. The number of pyridine rings is 1. The van der Waals surface area contributed by atoms with Gasteiger partial charge in [0.15, 0.2) is 0 Å². The van der Waals surface area contributed by atoms with E-state index in [-0.39, 0.29) is 5.91 Å². The molecule has 0 atom stereocenters. The minimum atomic E-state index is 0.120. The summed E-state index contributed by atoms with van der Waals surface area (Å²) in [5, 5.41) is 0. The van der Waals surface area contributed by atoms with Crippen molar-refractivity contribution in [3.05, 3.63) is 65.0 Å². The molecule has 3 nitrogen and oxygen atoms in total. The van der Waals surface area contributed by atoms with Crippen molar-refractivity contribution < 1.29 is 4.79 Å². The summed E-state index contributed by atoms with van der Waals surface area (Å²) in [6.45, 7) is 5.42. The molecule has 0 bridgehead atoms. The number of carbonyl (C=O) groups is 1. The Morgan fingerprint density at radius 3 is 2.35 bits per heavy atom. The lowest BCUT2D eigenvalue weighted by atomic mass is 9.85. The maximum atomic E-state index is 13.0. The van der Waals surface area contributed by atoms with Crippen LogP contribution in [0.3, 0.4) is 0 Å². The molecule has 1 aliphatic carbocycles. The lowest BCUT2D eigenvalue weighted by molar-refractivity contribution is 0.0679. The largest absolute Gasteiger partial charge is 0.334 e. The number of aromatic nitrogens is 1. The van der Waals surface area contributed by atoms with E-state index in [0.29, 0.717) is 12.5 Å². The molecule has 23 heavy (non-hydrogen) atoms. The number of rotatable bonds is 5. The summed E-state index contributed by atoms with van der Waals surface area (Å²) in [7, 11) is 0. The van der Waals surface area contributed by atoms with Gasteiger partial charge in [0.1, 0.15) is 0 Å². The first kappa shape index (κ1) is 15.7. The number of amides is 1. The molecular formula is C20H24N2O. The summed E-state index contributed by atoms with van der Waals surface area (Å²) < 4.78 is 0. The van der Waals surface area contributed by atoms with E-state index in [1.165, 1.54) is 24.8 Å². The van der Waals surface area contributed by atoms with E-state index < -0.39 is 0 Å². The third-order valence-corrected chi connectivity index (χ3v) is 4.54. The van der Waals surface area contributed by atoms with Crippen LogP contribution in [0.25, 0.3) is 0 Å². The summed E-state index contributed by atoms with van der Waals surface area (Å²) in [5.41, 5.74) is 3.74. The molecule has 3 rings (SSSR count). The highest BCUT2D eigenvalue weighted by Crippen LogP contribution is 2.28. The molecule has 0 saturated heterocycles. The smallest absolute Gasteiger partial charge is 0.254 e. The van der Waals surface area contributed by atoms with Crippen LogP contribution in [0.1, 0.15) is 46.6 Å². The van der Waals surface area contributed by atoms with Gasteiger partial charge in [-0.15, -0.1) is 0 Å². The van der Waals surface area contributed by atoms with Crippen LogP contribution in [0.15, 0.2) is 42.5 Å². The standard InChI is InChI=1S/C20H24N2O/c1-15-11-19(12-16(2)21-15)20(23)22(14-18-9-6-10-18)13-17-7-4-3-5-8-17/h3-5,7-8,11-12,18H,6,9-10,13-14H2,1-2H3. The topological polar surface area (TPSA) is 33.2 Å². The molecule has 0 N–H and O–H groups in total. The van der Waals surface area contributed by atoms with Gasteiger partial charge in [-0.3, -0.25) is 9.78 Å². The van der Waals surface area contributed by atoms with Gasteiger partial charge in [0.2, 0.25) is 0 Å². The molecular weight excluding hydrogens is 284 g/mol. The molecule has 0 spiro atoms. The van der Waals surface area contributed by atoms with Crippen LogP contribution in [0.4, 0.5) is 0 Å². The van der Waals surface area contributed by atoms with Crippen molar-refractivity contribution in [3.8, 4) is 0 Å². The van der Waals surface area contributed by atoms with Gasteiger partial charge in [-0.1, -0.05) is 36.8 Å². The Hall–Kier alpha value is -2.16. The summed E-state index contributed by atoms with van der Waals surface area (Å²) >= 11 is 0. The van der Waals surface area contributed by atoms with Crippen LogP contribution >= 0.6 is 0 Å². The molecule has 1 amide bonds. The zero-order valence-electron chi connectivity index (χ0n) is 14.0. The first-order valence-corrected chi connectivity index (χ1v) is 8.40. The zero-order chi connectivity index (χ0) is 16.2. The molecule has 0 aliphatic heterocycles. The lowest BCUT2D eigenvalue weighted by Crippen LogP contribution is -2.37. The van der Waals surface area contributed by atoms with E-state index in [1.54, 1.807) is 0 Å². The zero-order valence-corrected chi connectivity index (χ0v) is 14.0. The highest BCUT2D eigenvalue weighted by atomic mass is 16.2. The maximum Gasteiger partial charge on any atom is 0.254 e. The Balaban J connectivity index is 1.82. The number of hydrogen-bond donors (Lipinski definition) is 0. The van der Waals surface area contributed by atoms with Crippen molar-refractivity contribution in [3.63, 3.8) is 0 Å². The molecule has 2 aromatic rings. The Morgan fingerprint density at radius 1 is 1.13 bits per heavy atom.